The van der Waals surface area contributed by atoms with E-state index in [0.29, 0.717) is 0 Å². The highest BCUT2D eigenvalue weighted by Gasteiger charge is 2.31. The Hall–Kier alpha value is -1.90. The Morgan fingerprint density at radius 3 is 2.35 bits per heavy atom. The molecule has 0 radical (unpaired) electrons. The molecule has 1 amide bonds. The summed E-state index contributed by atoms with van der Waals surface area (Å²) in [6.45, 7) is 3.90. The molecule has 0 spiro atoms. The van der Waals surface area contributed by atoms with Crippen molar-refractivity contribution >= 4 is 33.5 Å². The molecule has 1 aliphatic heterocycles. The van der Waals surface area contributed by atoms with Crippen molar-refractivity contribution in [2.45, 2.75) is 18.7 Å². The van der Waals surface area contributed by atoms with Crippen LogP contribution in [0.3, 0.4) is 0 Å². The largest absolute Gasteiger partial charge is 0.452 e. The number of benzene rings is 1. The fraction of sp³-hybridized carbons (Fsp3) is 0.412. The Bertz CT molecular complexity index is 810. The summed E-state index contributed by atoms with van der Waals surface area (Å²) in [5, 5.41) is 0.164. The first kappa shape index (κ1) is 20.4. The van der Waals surface area contributed by atoms with Crippen molar-refractivity contribution in [1.29, 1.82) is 0 Å². The zero-order chi connectivity index (χ0) is 19.3. The second-order valence-electron chi connectivity index (χ2n) is 6.04. The van der Waals surface area contributed by atoms with Gasteiger partial charge in [0, 0.05) is 32.3 Å². The fourth-order valence-electron chi connectivity index (χ4n) is 2.47. The van der Waals surface area contributed by atoms with E-state index in [-0.39, 0.29) is 48.6 Å². The summed E-state index contributed by atoms with van der Waals surface area (Å²) in [4.78, 5) is 25.1. The lowest BCUT2D eigenvalue weighted by molar-refractivity contribution is -0.148. The molecule has 1 heterocycles. The van der Waals surface area contributed by atoms with E-state index in [1.165, 1.54) is 27.4 Å². The van der Waals surface area contributed by atoms with Crippen LogP contribution in [-0.4, -0.2) is 62.3 Å². The molecule has 1 fully saturated rings. The van der Waals surface area contributed by atoms with E-state index in [1.54, 1.807) is 26.0 Å². The van der Waals surface area contributed by atoms with Crippen LogP contribution >= 0.6 is 11.6 Å². The monoisotopic (exact) mass is 400 g/mol. The Morgan fingerprint density at radius 1 is 1.15 bits per heavy atom. The highest BCUT2D eigenvalue weighted by molar-refractivity contribution is 7.89. The van der Waals surface area contributed by atoms with Gasteiger partial charge in [0.25, 0.3) is 5.91 Å². The second-order valence-corrected chi connectivity index (χ2v) is 8.36. The number of rotatable bonds is 5. The third kappa shape index (κ3) is 5.06. The average molecular weight is 401 g/mol. The summed E-state index contributed by atoms with van der Waals surface area (Å²) in [5.41, 5.74) is 0.779. The highest BCUT2D eigenvalue weighted by atomic mass is 35.5. The number of sulfonamides is 1. The van der Waals surface area contributed by atoms with Gasteiger partial charge in [0.05, 0.1) is 5.02 Å². The average Bonchev–Trinajstić information content (AvgIpc) is 2.59. The normalized spacial score (nSPS) is 15.4. The Morgan fingerprint density at radius 2 is 1.77 bits per heavy atom. The molecule has 0 aromatic heterocycles. The summed E-state index contributed by atoms with van der Waals surface area (Å²) >= 11 is 5.99. The zero-order valence-corrected chi connectivity index (χ0v) is 16.2. The predicted molar refractivity (Wildman–Crippen MR) is 97.2 cm³/mol. The number of nitrogens with zero attached hydrogens (tertiary/aromatic N) is 2. The van der Waals surface area contributed by atoms with Gasteiger partial charge in [-0.05, 0) is 26.0 Å². The molecule has 0 aliphatic carbocycles. The first-order valence-corrected chi connectivity index (χ1v) is 9.87. The number of halogens is 1. The summed E-state index contributed by atoms with van der Waals surface area (Å²) in [6, 6.07) is 6.25. The van der Waals surface area contributed by atoms with Crippen LogP contribution in [0.25, 0.3) is 0 Å². The number of carbonyl (C=O) groups is 2. The van der Waals surface area contributed by atoms with Crippen molar-refractivity contribution in [3.05, 3.63) is 40.9 Å². The SMILES string of the molecule is CC(C)=CC(=O)OCC(=O)N1CCN(S(=O)(=O)c2ccccc2Cl)CC1. The third-order valence-corrected chi connectivity index (χ3v) is 6.19. The Balaban J connectivity index is 1.92. The molecule has 26 heavy (non-hydrogen) atoms. The van der Waals surface area contributed by atoms with E-state index < -0.39 is 16.0 Å². The van der Waals surface area contributed by atoms with E-state index in [2.05, 4.69) is 0 Å². The van der Waals surface area contributed by atoms with Gasteiger partial charge in [-0.2, -0.15) is 4.31 Å². The first-order chi connectivity index (χ1) is 12.2. The minimum absolute atomic E-state index is 0.0529. The fourth-order valence-corrected chi connectivity index (χ4v) is 4.39. The minimum Gasteiger partial charge on any atom is -0.452 e. The molecule has 0 bridgehead atoms. The quantitative estimate of drug-likeness (QED) is 0.554. The minimum atomic E-state index is -3.71. The van der Waals surface area contributed by atoms with Crippen molar-refractivity contribution in [2.24, 2.45) is 0 Å². The van der Waals surface area contributed by atoms with Crippen LogP contribution in [-0.2, 0) is 24.3 Å². The van der Waals surface area contributed by atoms with Gasteiger partial charge < -0.3 is 9.64 Å². The molecule has 7 nitrogen and oxygen atoms in total. The van der Waals surface area contributed by atoms with Crippen LogP contribution in [0.5, 0.6) is 0 Å². The number of ether oxygens (including phenoxy) is 1. The molecule has 1 saturated heterocycles. The van der Waals surface area contributed by atoms with E-state index >= 15 is 0 Å². The number of hydrogen-bond acceptors (Lipinski definition) is 5. The van der Waals surface area contributed by atoms with Crippen molar-refractivity contribution in [1.82, 2.24) is 9.21 Å². The third-order valence-electron chi connectivity index (χ3n) is 3.79. The number of allylic oxidation sites excluding steroid dienone is 1. The Labute approximate surface area is 158 Å². The smallest absolute Gasteiger partial charge is 0.331 e. The number of piperazine rings is 1. The maximum atomic E-state index is 12.7. The van der Waals surface area contributed by atoms with Crippen LogP contribution in [0.15, 0.2) is 40.8 Å². The van der Waals surface area contributed by atoms with Crippen LogP contribution < -0.4 is 0 Å². The summed E-state index contributed by atoms with van der Waals surface area (Å²) in [7, 11) is -3.71. The molecule has 0 unspecified atom stereocenters. The van der Waals surface area contributed by atoms with Gasteiger partial charge in [0.15, 0.2) is 6.61 Å². The lowest BCUT2D eigenvalue weighted by Gasteiger charge is -2.34. The van der Waals surface area contributed by atoms with Crippen molar-refractivity contribution in [3.63, 3.8) is 0 Å². The molecule has 1 aromatic carbocycles. The van der Waals surface area contributed by atoms with Crippen molar-refractivity contribution < 1.29 is 22.7 Å². The van der Waals surface area contributed by atoms with Crippen LogP contribution in [0, 0.1) is 0 Å². The van der Waals surface area contributed by atoms with E-state index in [1.807, 2.05) is 0 Å². The summed E-state index contributed by atoms with van der Waals surface area (Å²) < 4.78 is 31.5. The maximum absolute atomic E-state index is 12.7. The molecule has 1 aliphatic rings. The van der Waals surface area contributed by atoms with Gasteiger partial charge in [0.1, 0.15) is 4.90 Å². The first-order valence-electron chi connectivity index (χ1n) is 8.06. The molecule has 0 atom stereocenters. The van der Waals surface area contributed by atoms with E-state index in [0.717, 1.165) is 5.57 Å². The van der Waals surface area contributed by atoms with E-state index in [9.17, 15) is 18.0 Å². The zero-order valence-electron chi connectivity index (χ0n) is 14.6. The number of amides is 1. The topological polar surface area (TPSA) is 84.0 Å². The molecule has 0 N–H and O–H groups in total. The number of hydrogen-bond donors (Lipinski definition) is 0. The molecular formula is C17H21ClN2O5S. The standard InChI is InChI=1S/C17H21ClN2O5S/c1-13(2)11-17(22)25-12-16(21)19-7-9-20(10-8-19)26(23,24)15-6-4-3-5-14(15)18/h3-6,11H,7-10,12H2,1-2H3. The van der Waals surface area contributed by atoms with Gasteiger partial charge in [-0.25, -0.2) is 13.2 Å². The summed E-state index contributed by atoms with van der Waals surface area (Å²) in [5.74, 6) is -0.923. The lowest BCUT2D eigenvalue weighted by atomic mass is 10.3. The van der Waals surface area contributed by atoms with Crippen molar-refractivity contribution in [3.8, 4) is 0 Å². The number of esters is 1. The molecular weight excluding hydrogens is 380 g/mol. The number of carbonyl (C=O) groups excluding carboxylic acids is 2. The lowest BCUT2D eigenvalue weighted by Crippen LogP contribution is -2.51. The van der Waals surface area contributed by atoms with Crippen molar-refractivity contribution in [2.75, 3.05) is 32.8 Å². The Kier molecular flexibility index (Phi) is 6.80. The molecule has 9 heteroatoms. The molecule has 142 valence electrons. The van der Waals surface area contributed by atoms with Crippen LogP contribution in [0.1, 0.15) is 13.8 Å². The van der Waals surface area contributed by atoms with Gasteiger partial charge in [-0.15, -0.1) is 0 Å². The predicted octanol–water partition coefficient (Wildman–Crippen LogP) is 1.68. The molecule has 0 saturated carbocycles. The summed E-state index contributed by atoms with van der Waals surface area (Å²) in [6.07, 6.45) is 1.31. The van der Waals surface area contributed by atoms with Gasteiger partial charge >= 0.3 is 5.97 Å². The second kappa shape index (κ2) is 8.66. The highest BCUT2D eigenvalue weighted by Crippen LogP contribution is 2.24. The van der Waals surface area contributed by atoms with Gasteiger partial charge in [0.2, 0.25) is 10.0 Å². The van der Waals surface area contributed by atoms with Crippen LogP contribution in [0.4, 0.5) is 0 Å². The van der Waals surface area contributed by atoms with Gasteiger partial charge in [-0.3, -0.25) is 4.79 Å². The molecule has 1 aromatic rings. The molecule has 2 rings (SSSR count). The maximum Gasteiger partial charge on any atom is 0.331 e. The van der Waals surface area contributed by atoms with Crippen LogP contribution in [0.2, 0.25) is 5.02 Å². The van der Waals surface area contributed by atoms with Gasteiger partial charge in [-0.1, -0.05) is 29.3 Å². The van der Waals surface area contributed by atoms with E-state index in [4.69, 9.17) is 16.3 Å².